The van der Waals surface area contributed by atoms with Gasteiger partial charge in [-0.3, -0.25) is 0 Å². The first-order valence-electron chi connectivity index (χ1n) is 11.9. The van der Waals surface area contributed by atoms with Crippen LogP contribution >= 0.6 is 0 Å². The number of hydroxylamine groups is 2. The van der Waals surface area contributed by atoms with Gasteiger partial charge in [0.05, 0.1) is 7.11 Å². The van der Waals surface area contributed by atoms with Gasteiger partial charge in [-0.25, -0.2) is 0 Å². The molecule has 0 aromatic heterocycles. The first kappa shape index (κ1) is 27.3. The summed E-state index contributed by atoms with van der Waals surface area (Å²) in [4.78, 5) is 5.73. The summed E-state index contributed by atoms with van der Waals surface area (Å²) in [5.41, 5.74) is 0.877. The standard InChI is InChI=1S/C22H49NO4Si2/c1-10-16-25-29(26-17-11-2,27-18-12-3)20(13-4)28-19-14-15-23(24-9)22(7,8)21(19,5)6/h19-20H,10-18,28H2,1-9H3. The van der Waals surface area contributed by atoms with Crippen LogP contribution in [-0.2, 0) is 18.1 Å². The van der Waals surface area contributed by atoms with E-state index in [2.05, 4.69) is 60.5 Å². The van der Waals surface area contributed by atoms with Gasteiger partial charge in [0.25, 0.3) is 0 Å². The molecule has 1 aliphatic heterocycles. The van der Waals surface area contributed by atoms with E-state index in [4.69, 9.17) is 18.1 Å². The molecule has 7 heteroatoms. The van der Waals surface area contributed by atoms with Crippen molar-refractivity contribution in [1.82, 2.24) is 5.06 Å². The summed E-state index contributed by atoms with van der Waals surface area (Å²) in [6.45, 7) is 21.5. The second kappa shape index (κ2) is 12.3. The van der Waals surface area contributed by atoms with E-state index in [9.17, 15) is 0 Å². The van der Waals surface area contributed by atoms with E-state index in [0.29, 0.717) is 10.7 Å². The van der Waals surface area contributed by atoms with Crippen LogP contribution in [0.1, 0.15) is 87.5 Å². The molecule has 29 heavy (non-hydrogen) atoms. The lowest BCUT2D eigenvalue weighted by Gasteiger charge is -2.56. The molecule has 1 heterocycles. The van der Waals surface area contributed by atoms with Gasteiger partial charge in [0.1, 0.15) is 0 Å². The van der Waals surface area contributed by atoms with Gasteiger partial charge in [-0.15, -0.1) is 0 Å². The molecule has 0 N–H and O–H groups in total. The molecule has 1 saturated heterocycles. The monoisotopic (exact) mass is 447 g/mol. The highest BCUT2D eigenvalue weighted by molar-refractivity contribution is 6.74. The number of piperidine rings is 1. The Morgan fingerprint density at radius 3 is 1.79 bits per heavy atom. The Morgan fingerprint density at radius 1 is 0.931 bits per heavy atom. The van der Waals surface area contributed by atoms with Crippen molar-refractivity contribution in [2.24, 2.45) is 5.41 Å². The zero-order valence-electron chi connectivity index (χ0n) is 20.8. The molecule has 0 aliphatic carbocycles. The predicted molar refractivity (Wildman–Crippen MR) is 127 cm³/mol. The fraction of sp³-hybridized carbons (Fsp3) is 1.00. The average Bonchev–Trinajstić information content (AvgIpc) is 2.69. The van der Waals surface area contributed by atoms with Gasteiger partial charge < -0.3 is 18.1 Å². The molecule has 1 aliphatic rings. The van der Waals surface area contributed by atoms with Crippen molar-refractivity contribution >= 4 is 18.3 Å². The average molecular weight is 448 g/mol. The smallest absolute Gasteiger partial charge is 0.373 e. The van der Waals surface area contributed by atoms with E-state index >= 15 is 0 Å². The molecule has 0 amide bonds. The van der Waals surface area contributed by atoms with Gasteiger partial charge in [0.15, 0.2) is 0 Å². The summed E-state index contributed by atoms with van der Waals surface area (Å²) >= 11 is 0. The highest BCUT2D eigenvalue weighted by atomic mass is 28.4. The van der Waals surface area contributed by atoms with Crippen LogP contribution in [0, 0.1) is 5.41 Å². The zero-order valence-corrected chi connectivity index (χ0v) is 23.2. The van der Waals surface area contributed by atoms with Crippen molar-refractivity contribution < 1.29 is 18.1 Å². The normalized spacial score (nSPS) is 23.7. The molecule has 174 valence electrons. The van der Waals surface area contributed by atoms with E-state index in [1.165, 1.54) is 6.42 Å². The lowest BCUT2D eigenvalue weighted by atomic mass is 9.68. The molecule has 2 unspecified atom stereocenters. The summed E-state index contributed by atoms with van der Waals surface area (Å²) in [5.74, 6) is 0. The maximum absolute atomic E-state index is 6.53. The fourth-order valence-corrected chi connectivity index (χ4v) is 13.1. The van der Waals surface area contributed by atoms with Crippen LogP contribution in [0.4, 0.5) is 0 Å². The maximum atomic E-state index is 6.53. The number of nitrogens with zero attached hydrogens (tertiary/aromatic N) is 1. The number of hydrogen-bond donors (Lipinski definition) is 0. The molecule has 0 aromatic carbocycles. The van der Waals surface area contributed by atoms with Gasteiger partial charge in [-0.2, -0.15) is 5.06 Å². The van der Waals surface area contributed by atoms with E-state index in [-0.39, 0.29) is 11.0 Å². The highest BCUT2D eigenvalue weighted by Crippen LogP contribution is 2.52. The molecule has 1 fully saturated rings. The lowest BCUT2D eigenvalue weighted by molar-refractivity contribution is -0.240. The Kier molecular flexibility index (Phi) is 11.6. The third kappa shape index (κ3) is 6.37. The van der Waals surface area contributed by atoms with Crippen LogP contribution in [0.25, 0.3) is 0 Å². The Balaban J connectivity index is 3.15. The van der Waals surface area contributed by atoms with Crippen LogP contribution < -0.4 is 0 Å². The summed E-state index contributed by atoms with van der Waals surface area (Å²) in [5, 5.41) is 2.65. The Bertz CT molecular complexity index is 440. The van der Waals surface area contributed by atoms with Crippen LogP contribution in [-0.4, -0.2) is 62.4 Å². The summed E-state index contributed by atoms with van der Waals surface area (Å²) in [7, 11) is -1.39. The molecular weight excluding hydrogens is 398 g/mol. The van der Waals surface area contributed by atoms with Crippen LogP contribution in [0.3, 0.4) is 0 Å². The third-order valence-corrected chi connectivity index (χ3v) is 15.8. The molecule has 0 saturated carbocycles. The topological polar surface area (TPSA) is 40.2 Å². The van der Waals surface area contributed by atoms with Crippen molar-refractivity contribution in [3.63, 3.8) is 0 Å². The van der Waals surface area contributed by atoms with Gasteiger partial charge in [0.2, 0.25) is 0 Å². The molecule has 0 bridgehead atoms. The minimum Gasteiger partial charge on any atom is -0.373 e. The number of rotatable bonds is 14. The predicted octanol–water partition coefficient (Wildman–Crippen LogP) is 4.97. The van der Waals surface area contributed by atoms with Gasteiger partial charge in [-0.05, 0) is 50.5 Å². The minimum atomic E-state index is -2.69. The SMILES string of the molecule is CCCO[Si](OCCC)(OCCC)C(CC)[SiH2]C1CCN(OC)C(C)(C)C1(C)C. The second-order valence-corrected chi connectivity index (χ2v) is 15.7. The van der Waals surface area contributed by atoms with E-state index in [0.717, 1.165) is 52.0 Å². The molecule has 1 rings (SSSR count). The largest absolute Gasteiger partial charge is 0.500 e. The molecule has 2 atom stereocenters. The molecule has 0 aromatic rings. The van der Waals surface area contributed by atoms with Crippen molar-refractivity contribution in [3.05, 3.63) is 0 Å². The highest BCUT2D eigenvalue weighted by Gasteiger charge is 2.55. The molecule has 5 nitrogen and oxygen atoms in total. The first-order chi connectivity index (χ1) is 13.7. The fourth-order valence-electron chi connectivity index (χ4n) is 4.58. The summed E-state index contributed by atoms with van der Waals surface area (Å²) < 4.78 is 19.6. The molecule has 0 radical (unpaired) electrons. The first-order valence-corrected chi connectivity index (χ1v) is 15.3. The van der Waals surface area contributed by atoms with Crippen LogP contribution in [0.2, 0.25) is 10.7 Å². The Labute approximate surface area is 184 Å². The third-order valence-electron chi connectivity index (χ3n) is 7.21. The molecular formula is C22H49NO4Si2. The van der Waals surface area contributed by atoms with Crippen molar-refractivity contribution in [2.75, 3.05) is 33.5 Å². The number of hydrogen-bond acceptors (Lipinski definition) is 5. The van der Waals surface area contributed by atoms with Gasteiger partial charge in [0, 0.05) is 46.6 Å². The van der Waals surface area contributed by atoms with E-state index in [1.54, 1.807) is 7.11 Å². The Hall–Kier alpha value is 0.234. The second-order valence-electron chi connectivity index (χ2n) is 9.54. The van der Waals surface area contributed by atoms with Crippen molar-refractivity contribution in [2.45, 2.75) is 104 Å². The summed E-state index contributed by atoms with van der Waals surface area (Å²) in [6.07, 6.45) is 5.29. The summed E-state index contributed by atoms with van der Waals surface area (Å²) in [6, 6.07) is 0. The van der Waals surface area contributed by atoms with Gasteiger partial charge >= 0.3 is 8.80 Å². The maximum Gasteiger partial charge on any atom is 0.500 e. The minimum absolute atomic E-state index is 0.000991. The van der Waals surface area contributed by atoms with Gasteiger partial charge in [-0.1, -0.05) is 48.0 Å². The lowest BCUT2D eigenvalue weighted by Crippen LogP contribution is -2.61. The molecule has 0 spiro atoms. The Morgan fingerprint density at radius 2 is 1.41 bits per heavy atom. The van der Waals surface area contributed by atoms with E-state index in [1.807, 2.05) is 0 Å². The quantitative estimate of drug-likeness (QED) is 0.352. The zero-order chi connectivity index (χ0) is 22.1. The van der Waals surface area contributed by atoms with Crippen LogP contribution in [0.15, 0.2) is 0 Å². The van der Waals surface area contributed by atoms with E-state index < -0.39 is 18.3 Å². The van der Waals surface area contributed by atoms with Crippen LogP contribution in [0.5, 0.6) is 0 Å². The van der Waals surface area contributed by atoms with Crippen molar-refractivity contribution in [3.8, 4) is 0 Å². The van der Waals surface area contributed by atoms with Crippen molar-refractivity contribution in [1.29, 1.82) is 0 Å².